The van der Waals surface area contributed by atoms with E-state index in [4.69, 9.17) is 11.6 Å². The molecule has 1 aromatic heterocycles. The third kappa shape index (κ3) is 3.94. The Bertz CT molecular complexity index is 425. The highest BCUT2D eigenvalue weighted by Crippen LogP contribution is 2.07. The van der Waals surface area contributed by atoms with Crippen molar-refractivity contribution in [2.45, 2.75) is 26.3 Å². The normalized spacial score (nSPS) is 10.9. The molecule has 0 aromatic carbocycles. The number of rotatable bonds is 7. The van der Waals surface area contributed by atoms with Crippen molar-refractivity contribution in [2.24, 2.45) is 0 Å². The van der Waals surface area contributed by atoms with E-state index in [9.17, 15) is 13.6 Å². The molecule has 0 aliphatic carbocycles. The van der Waals surface area contributed by atoms with Gasteiger partial charge in [0.1, 0.15) is 0 Å². The van der Waals surface area contributed by atoms with Crippen molar-refractivity contribution < 1.29 is 8.78 Å². The Morgan fingerprint density at radius 1 is 1.56 bits per heavy atom. The molecule has 0 radical (unpaired) electrons. The molecule has 0 bridgehead atoms. The lowest BCUT2D eigenvalue weighted by molar-refractivity contribution is 0.155. The molecule has 1 rings (SSSR count). The number of alkyl halides is 3. The number of aromatic nitrogens is 2. The third-order valence-electron chi connectivity index (χ3n) is 2.37. The number of anilines is 1. The van der Waals surface area contributed by atoms with Crippen LogP contribution in [0.2, 0.25) is 0 Å². The van der Waals surface area contributed by atoms with E-state index in [1.54, 1.807) is 6.20 Å². The fourth-order valence-corrected chi connectivity index (χ4v) is 1.83. The monoisotopic (exact) mass is 279 g/mol. The average Bonchev–Trinajstić information content (AvgIpc) is 2.31. The molecular formula is C11H16ClF2N3O. The Morgan fingerprint density at radius 2 is 2.28 bits per heavy atom. The zero-order valence-corrected chi connectivity index (χ0v) is 10.9. The van der Waals surface area contributed by atoms with E-state index >= 15 is 0 Å². The first-order chi connectivity index (χ1) is 8.60. The Kier molecular flexibility index (Phi) is 6.04. The molecule has 0 aliphatic heterocycles. The Labute approximate surface area is 109 Å². The van der Waals surface area contributed by atoms with Crippen LogP contribution < -0.4 is 10.5 Å². The van der Waals surface area contributed by atoms with E-state index in [1.165, 1.54) is 15.7 Å². The smallest absolute Gasteiger partial charge is 0.293 e. The van der Waals surface area contributed by atoms with Gasteiger partial charge in [-0.05, 0) is 6.42 Å². The van der Waals surface area contributed by atoms with Crippen molar-refractivity contribution in [1.29, 1.82) is 0 Å². The molecule has 0 atom stereocenters. The number of aryl methyl sites for hydroxylation is 1. The molecule has 0 saturated heterocycles. The first-order valence-electron chi connectivity index (χ1n) is 5.74. The van der Waals surface area contributed by atoms with Crippen molar-refractivity contribution in [3.63, 3.8) is 0 Å². The van der Waals surface area contributed by atoms with Crippen LogP contribution in [0.4, 0.5) is 14.6 Å². The molecule has 0 fully saturated rings. The largest absolute Gasteiger partial charge is 0.345 e. The zero-order valence-electron chi connectivity index (χ0n) is 10.2. The van der Waals surface area contributed by atoms with E-state index in [-0.39, 0.29) is 23.8 Å². The molecule has 0 saturated carbocycles. The molecule has 0 amide bonds. The van der Waals surface area contributed by atoms with Crippen molar-refractivity contribution in [3.05, 3.63) is 22.7 Å². The van der Waals surface area contributed by atoms with Gasteiger partial charge in [0.05, 0.1) is 6.54 Å². The fraction of sp³-hybridized carbons (Fsp3) is 0.636. The van der Waals surface area contributed by atoms with Crippen LogP contribution in [0, 0.1) is 0 Å². The van der Waals surface area contributed by atoms with E-state index in [2.05, 4.69) is 4.98 Å². The summed E-state index contributed by atoms with van der Waals surface area (Å²) in [5.41, 5.74) is -0.356. The van der Waals surface area contributed by atoms with Crippen LogP contribution in [0.15, 0.2) is 17.2 Å². The van der Waals surface area contributed by atoms with Crippen molar-refractivity contribution in [2.75, 3.05) is 23.9 Å². The minimum absolute atomic E-state index is 0.0342. The van der Waals surface area contributed by atoms with Crippen LogP contribution in [0.5, 0.6) is 0 Å². The van der Waals surface area contributed by atoms with Crippen molar-refractivity contribution >= 4 is 17.4 Å². The molecule has 18 heavy (non-hydrogen) atoms. The maximum Gasteiger partial charge on any atom is 0.293 e. The van der Waals surface area contributed by atoms with E-state index < -0.39 is 13.0 Å². The zero-order chi connectivity index (χ0) is 13.5. The number of hydrogen-bond donors (Lipinski definition) is 0. The lowest BCUT2D eigenvalue weighted by Gasteiger charge is -2.21. The molecule has 0 unspecified atom stereocenters. The molecule has 7 heteroatoms. The lowest BCUT2D eigenvalue weighted by atomic mass is 10.4. The van der Waals surface area contributed by atoms with Crippen LogP contribution in [-0.4, -0.2) is 34.9 Å². The predicted molar refractivity (Wildman–Crippen MR) is 67.7 cm³/mol. The van der Waals surface area contributed by atoms with Gasteiger partial charge in [0, 0.05) is 31.4 Å². The van der Waals surface area contributed by atoms with Gasteiger partial charge < -0.3 is 9.47 Å². The first-order valence-corrected chi connectivity index (χ1v) is 6.28. The van der Waals surface area contributed by atoms with E-state index in [0.29, 0.717) is 6.54 Å². The van der Waals surface area contributed by atoms with Crippen molar-refractivity contribution in [3.8, 4) is 0 Å². The fourth-order valence-electron chi connectivity index (χ4n) is 1.62. The molecular weight excluding hydrogens is 264 g/mol. The van der Waals surface area contributed by atoms with Crippen LogP contribution in [0.1, 0.15) is 13.3 Å². The summed E-state index contributed by atoms with van der Waals surface area (Å²) in [5.74, 6) is 0.197. The minimum atomic E-state index is -2.53. The van der Waals surface area contributed by atoms with Gasteiger partial charge in [0.25, 0.3) is 12.0 Å². The van der Waals surface area contributed by atoms with Crippen LogP contribution >= 0.6 is 11.6 Å². The van der Waals surface area contributed by atoms with Crippen LogP contribution in [-0.2, 0) is 6.54 Å². The van der Waals surface area contributed by atoms with Crippen LogP contribution in [0.25, 0.3) is 0 Å². The summed E-state index contributed by atoms with van der Waals surface area (Å²) in [6, 6.07) is 0. The Morgan fingerprint density at radius 3 is 2.83 bits per heavy atom. The molecule has 1 aromatic rings. The summed E-state index contributed by atoms with van der Waals surface area (Å²) in [6.07, 6.45) is 1.25. The number of hydrogen-bond acceptors (Lipinski definition) is 3. The predicted octanol–water partition coefficient (Wildman–Crippen LogP) is 1.96. The average molecular weight is 280 g/mol. The second-order valence-electron chi connectivity index (χ2n) is 3.78. The van der Waals surface area contributed by atoms with Gasteiger partial charge in [-0.15, -0.1) is 11.6 Å². The summed E-state index contributed by atoms with van der Waals surface area (Å²) in [4.78, 5) is 17.1. The van der Waals surface area contributed by atoms with Gasteiger partial charge in [-0.1, -0.05) is 6.92 Å². The van der Waals surface area contributed by atoms with Crippen molar-refractivity contribution in [1.82, 2.24) is 9.55 Å². The molecule has 0 aliphatic rings. The Hall–Kier alpha value is -1.17. The SMILES string of the molecule is CCCn1ccnc(N(CCCl)CC(F)F)c1=O. The van der Waals surface area contributed by atoms with Gasteiger partial charge in [0.2, 0.25) is 0 Å². The molecule has 1 heterocycles. The summed E-state index contributed by atoms with van der Waals surface area (Å²) < 4.78 is 26.4. The van der Waals surface area contributed by atoms with Gasteiger partial charge in [0.15, 0.2) is 5.82 Å². The minimum Gasteiger partial charge on any atom is -0.345 e. The molecule has 4 nitrogen and oxygen atoms in total. The molecule has 0 N–H and O–H groups in total. The molecule has 0 spiro atoms. The summed E-state index contributed by atoms with van der Waals surface area (Å²) in [5, 5.41) is 0. The topological polar surface area (TPSA) is 38.1 Å². The summed E-state index contributed by atoms with van der Waals surface area (Å²) in [7, 11) is 0. The second-order valence-corrected chi connectivity index (χ2v) is 4.15. The van der Waals surface area contributed by atoms with E-state index in [1.807, 2.05) is 6.92 Å². The third-order valence-corrected chi connectivity index (χ3v) is 2.54. The number of nitrogens with zero attached hydrogens (tertiary/aromatic N) is 3. The van der Waals surface area contributed by atoms with Gasteiger partial charge in [-0.2, -0.15) is 0 Å². The Balaban J connectivity index is 3.03. The quantitative estimate of drug-likeness (QED) is 0.716. The van der Waals surface area contributed by atoms with Gasteiger partial charge in [-0.3, -0.25) is 4.79 Å². The summed E-state index contributed by atoms with van der Waals surface area (Å²) >= 11 is 5.56. The lowest BCUT2D eigenvalue weighted by Crippen LogP contribution is -2.37. The molecule has 102 valence electrons. The number of halogens is 3. The first kappa shape index (κ1) is 14.9. The maximum absolute atomic E-state index is 12.5. The summed E-state index contributed by atoms with van der Waals surface area (Å²) in [6.45, 7) is 2.11. The van der Waals surface area contributed by atoms with Gasteiger partial charge in [-0.25, -0.2) is 13.8 Å². The maximum atomic E-state index is 12.5. The highest BCUT2D eigenvalue weighted by atomic mass is 35.5. The highest BCUT2D eigenvalue weighted by molar-refractivity contribution is 6.18. The second kappa shape index (κ2) is 7.31. The van der Waals surface area contributed by atoms with E-state index in [0.717, 1.165) is 6.42 Å². The highest BCUT2D eigenvalue weighted by Gasteiger charge is 2.17. The standard InChI is InChI=1S/C11H16ClF2N3O/c1-2-5-16-7-4-15-10(11(16)18)17(6-3-12)8-9(13)14/h4,7,9H,2-3,5-6,8H2,1H3. The van der Waals surface area contributed by atoms with Gasteiger partial charge >= 0.3 is 0 Å². The van der Waals surface area contributed by atoms with Crippen LogP contribution in [0.3, 0.4) is 0 Å².